The average molecular weight is 357 g/mol. The highest BCUT2D eigenvalue weighted by molar-refractivity contribution is 7.09. The highest BCUT2D eigenvalue weighted by Gasteiger charge is 2.19. The topological polar surface area (TPSA) is 45.2 Å². The molecule has 0 bridgehead atoms. The molecule has 2 aromatic heterocycles. The number of nitrogens with zero attached hydrogens (tertiary/aromatic N) is 5. The lowest BCUT2D eigenvalue weighted by Gasteiger charge is -2.24. The van der Waals surface area contributed by atoms with Crippen molar-refractivity contribution >= 4 is 33.3 Å². The summed E-state index contributed by atoms with van der Waals surface area (Å²) in [5.74, 6) is 0.672. The van der Waals surface area contributed by atoms with Gasteiger partial charge in [0.2, 0.25) is 5.13 Å². The molecule has 4 rings (SSSR count). The van der Waals surface area contributed by atoms with Crippen molar-refractivity contribution in [1.29, 1.82) is 0 Å². The molecule has 3 aromatic rings. The predicted octanol–water partition coefficient (Wildman–Crippen LogP) is 3.50. The third-order valence-electron chi connectivity index (χ3n) is 4.56. The Labute approximate surface area is 150 Å². The summed E-state index contributed by atoms with van der Waals surface area (Å²) in [6.45, 7) is 5.83. The Balaban J connectivity index is 1.57. The number of aryl methyl sites for hydroxylation is 1. The quantitative estimate of drug-likeness (QED) is 0.718. The lowest BCUT2D eigenvalue weighted by Crippen LogP contribution is -2.30. The second-order valence-electron chi connectivity index (χ2n) is 6.17. The Bertz CT molecular complexity index is 881. The summed E-state index contributed by atoms with van der Waals surface area (Å²) >= 11 is 1.49. The molecule has 5 nitrogen and oxygen atoms in total. The van der Waals surface area contributed by atoms with E-state index in [1.54, 1.807) is 6.20 Å². The molecule has 0 radical (unpaired) electrons. The maximum Gasteiger partial charge on any atom is 0.205 e. The van der Waals surface area contributed by atoms with Crippen molar-refractivity contribution in [2.24, 2.45) is 0 Å². The zero-order chi connectivity index (χ0) is 17.2. The van der Waals surface area contributed by atoms with Gasteiger partial charge in [0, 0.05) is 67.5 Å². The first-order chi connectivity index (χ1) is 12.2. The third kappa shape index (κ3) is 3.28. The van der Waals surface area contributed by atoms with Gasteiger partial charge in [0.15, 0.2) is 0 Å². The summed E-state index contributed by atoms with van der Waals surface area (Å²) in [4.78, 5) is 13.6. The largest absolute Gasteiger partial charge is 0.369 e. The van der Waals surface area contributed by atoms with Crippen LogP contribution < -0.4 is 9.80 Å². The fraction of sp³-hybridized carbons (Fsp3) is 0.389. The summed E-state index contributed by atoms with van der Waals surface area (Å²) < 4.78 is 17.9. The van der Waals surface area contributed by atoms with Gasteiger partial charge in [-0.1, -0.05) is 6.92 Å². The smallest absolute Gasteiger partial charge is 0.205 e. The maximum absolute atomic E-state index is 13.5. The van der Waals surface area contributed by atoms with E-state index >= 15 is 0 Å². The second kappa shape index (κ2) is 6.92. The number of hydrogen-bond acceptors (Lipinski definition) is 6. The SMILES string of the molecule is CCc1nsc(N2CCCN(c3ccnc4cc(F)ccc34)CC2)n1. The summed E-state index contributed by atoms with van der Waals surface area (Å²) in [5, 5.41) is 2.02. The number of anilines is 2. The molecule has 0 N–H and O–H groups in total. The molecule has 0 atom stereocenters. The third-order valence-corrected chi connectivity index (χ3v) is 5.38. The van der Waals surface area contributed by atoms with Crippen LogP contribution in [-0.4, -0.2) is 40.5 Å². The lowest BCUT2D eigenvalue weighted by molar-refractivity contribution is 0.629. The van der Waals surface area contributed by atoms with Crippen molar-refractivity contribution in [3.05, 3.63) is 42.1 Å². The Kier molecular flexibility index (Phi) is 4.48. The first kappa shape index (κ1) is 16.2. The van der Waals surface area contributed by atoms with Gasteiger partial charge in [0.1, 0.15) is 11.6 Å². The molecule has 0 aliphatic carbocycles. The van der Waals surface area contributed by atoms with E-state index < -0.39 is 0 Å². The van der Waals surface area contributed by atoms with Gasteiger partial charge in [-0.15, -0.1) is 0 Å². The van der Waals surface area contributed by atoms with Crippen molar-refractivity contribution < 1.29 is 4.39 Å². The molecule has 25 heavy (non-hydrogen) atoms. The summed E-state index contributed by atoms with van der Waals surface area (Å²) in [5.41, 5.74) is 1.83. The maximum atomic E-state index is 13.5. The van der Waals surface area contributed by atoms with Gasteiger partial charge in [-0.05, 0) is 24.6 Å². The van der Waals surface area contributed by atoms with E-state index in [2.05, 4.69) is 31.1 Å². The van der Waals surface area contributed by atoms with Crippen LogP contribution in [0.3, 0.4) is 0 Å². The minimum Gasteiger partial charge on any atom is -0.369 e. The predicted molar refractivity (Wildman–Crippen MR) is 100 cm³/mol. The van der Waals surface area contributed by atoms with Crippen LogP contribution in [0.25, 0.3) is 10.9 Å². The van der Waals surface area contributed by atoms with Gasteiger partial charge in [-0.3, -0.25) is 4.98 Å². The van der Waals surface area contributed by atoms with Crippen LogP contribution in [-0.2, 0) is 6.42 Å². The fourth-order valence-corrected chi connectivity index (χ4v) is 4.05. The minimum atomic E-state index is -0.248. The molecular weight excluding hydrogens is 337 g/mol. The number of aromatic nitrogens is 3. The standard InChI is InChI=1S/C18H20FN5S/c1-2-17-21-18(25-22-17)24-9-3-8-23(10-11-24)16-6-7-20-15-12-13(19)4-5-14(15)16/h4-7,12H,2-3,8-11H2,1H3. The summed E-state index contributed by atoms with van der Waals surface area (Å²) in [6.07, 6.45) is 3.68. The molecule has 0 unspecified atom stereocenters. The number of rotatable bonds is 3. The molecule has 0 spiro atoms. The van der Waals surface area contributed by atoms with Crippen molar-refractivity contribution in [3.63, 3.8) is 0 Å². The number of benzene rings is 1. The molecule has 1 aromatic carbocycles. The van der Waals surface area contributed by atoms with Crippen LogP contribution in [0, 0.1) is 5.82 Å². The second-order valence-corrected chi connectivity index (χ2v) is 6.90. The lowest BCUT2D eigenvalue weighted by atomic mass is 10.1. The van der Waals surface area contributed by atoms with Crippen LogP contribution in [0.5, 0.6) is 0 Å². The Morgan fingerprint density at radius 2 is 1.96 bits per heavy atom. The van der Waals surface area contributed by atoms with Crippen molar-refractivity contribution in [1.82, 2.24) is 14.3 Å². The molecule has 1 fully saturated rings. The van der Waals surface area contributed by atoms with E-state index in [-0.39, 0.29) is 5.82 Å². The van der Waals surface area contributed by atoms with Crippen molar-refractivity contribution in [3.8, 4) is 0 Å². The van der Waals surface area contributed by atoms with Gasteiger partial charge in [0.05, 0.1) is 5.52 Å². The number of fused-ring (bicyclic) bond motifs is 1. The normalized spacial score (nSPS) is 15.6. The molecule has 0 saturated carbocycles. The number of halogens is 1. The highest BCUT2D eigenvalue weighted by Crippen LogP contribution is 2.28. The Morgan fingerprint density at radius 3 is 2.80 bits per heavy atom. The van der Waals surface area contributed by atoms with Gasteiger partial charge in [0.25, 0.3) is 0 Å². The van der Waals surface area contributed by atoms with E-state index in [1.807, 2.05) is 12.1 Å². The van der Waals surface area contributed by atoms with Crippen LogP contribution in [0.2, 0.25) is 0 Å². The summed E-state index contributed by atoms with van der Waals surface area (Å²) in [7, 11) is 0. The zero-order valence-corrected chi connectivity index (χ0v) is 15.0. The molecule has 130 valence electrons. The van der Waals surface area contributed by atoms with E-state index in [1.165, 1.54) is 23.7 Å². The first-order valence-electron chi connectivity index (χ1n) is 8.61. The molecule has 0 amide bonds. The van der Waals surface area contributed by atoms with Crippen LogP contribution in [0.4, 0.5) is 15.2 Å². The van der Waals surface area contributed by atoms with E-state index in [4.69, 9.17) is 0 Å². The van der Waals surface area contributed by atoms with Gasteiger partial charge < -0.3 is 9.80 Å². The Morgan fingerprint density at radius 1 is 1.12 bits per heavy atom. The summed E-state index contributed by atoms with van der Waals surface area (Å²) in [6, 6.07) is 6.85. The monoisotopic (exact) mass is 357 g/mol. The minimum absolute atomic E-state index is 0.248. The van der Waals surface area contributed by atoms with Gasteiger partial charge in [-0.25, -0.2) is 9.37 Å². The first-order valence-corrected chi connectivity index (χ1v) is 9.38. The molecule has 7 heteroatoms. The highest BCUT2D eigenvalue weighted by atomic mass is 32.1. The average Bonchev–Trinajstić information content (AvgIpc) is 2.98. The molecular formula is C18H20FN5S. The van der Waals surface area contributed by atoms with Gasteiger partial charge >= 0.3 is 0 Å². The molecule has 1 saturated heterocycles. The fourth-order valence-electron chi connectivity index (χ4n) is 3.25. The number of hydrogen-bond donors (Lipinski definition) is 0. The molecule has 1 aliphatic rings. The Hall–Kier alpha value is -2.28. The zero-order valence-electron chi connectivity index (χ0n) is 14.2. The van der Waals surface area contributed by atoms with Crippen LogP contribution in [0.15, 0.2) is 30.5 Å². The van der Waals surface area contributed by atoms with Crippen LogP contribution in [0.1, 0.15) is 19.2 Å². The van der Waals surface area contributed by atoms with Crippen LogP contribution >= 0.6 is 11.5 Å². The van der Waals surface area contributed by atoms with Crippen molar-refractivity contribution in [2.75, 3.05) is 36.0 Å². The van der Waals surface area contributed by atoms with E-state index in [0.29, 0.717) is 5.52 Å². The molecule has 1 aliphatic heterocycles. The van der Waals surface area contributed by atoms with E-state index in [0.717, 1.165) is 61.1 Å². The molecule has 3 heterocycles. The number of pyridine rings is 1. The van der Waals surface area contributed by atoms with E-state index in [9.17, 15) is 4.39 Å². The van der Waals surface area contributed by atoms with Gasteiger partial charge in [-0.2, -0.15) is 4.37 Å². The van der Waals surface area contributed by atoms with Crippen molar-refractivity contribution in [2.45, 2.75) is 19.8 Å².